The van der Waals surface area contributed by atoms with E-state index in [1.54, 1.807) is 0 Å². The van der Waals surface area contributed by atoms with Crippen LogP contribution >= 0.6 is 11.8 Å². The third-order valence-corrected chi connectivity index (χ3v) is 6.59. The molecule has 0 amide bonds. The number of piperidine rings is 1. The van der Waals surface area contributed by atoms with E-state index in [2.05, 4.69) is 23.6 Å². The molecular weight excluding hydrogens is 256 g/mol. The van der Waals surface area contributed by atoms with Gasteiger partial charge in [0.25, 0.3) is 0 Å². The first-order valence-corrected chi connectivity index (χ1v) is 9.05. The maximum atomic E-state index is 6.16. The largest absolute Gasteiger partial charge is 0.374 e. The van der Waals surface area contributed by atoms with Crippen LogP contribution in [0.2, 0.25) is 0 Å². The molecule has 0 aliphatic carbocycles. The summed E-state index contributed by atoms with van der Waals surface area (Å²) in [4.78, 5) is 2.76. The van der Waals surface area contributed by atoms with E-state index in [4.69, 9.17) is 10.5 Å². The van der Waals surface area contributed by atoms with E-state index in [9.17, 15) is 0 Å². The normalized spacial score (nSPS) is 44.8. The molecule has 0 bridgehead atoms. The summed E-state index contributed by atoms with van der Waals surface area (Å²) in [5, 5.41) is 0. The third-order valence-electron chi connectivity index (χ3n) is 5.36. The van der Waals surface area contributed by atoms with Crippen molar-refractivity contribution in [1.29, 1.82) is 0 Å². The van der Waals surface area contributed by atoms with Crippen molar-refractivity contribution in [2.24, 2.45) is 11.7 Å². The minimum Gasteiger partial charge on any atom is -0.374 e. The molecule has 0 aromatic carbocycles. The zero-order valence-corrected chi connectivity index (χ0v) is 13.0. The van der Waals surface area contributed by atoms with Crippen molar-refractivity contribution in [3.05, 3.63) is 0 Å². The zero-order valence-electron chi connectivity index (χ0n) is 12.1. The average Bonchev–Trinajstić information content (AvgIpc) is 2.87. The van der Waals surface area contributed by atoms with Crippen LogP contribution in [0.5, 0.6) is 0 Å². The third kappa shape index (κ3) is 2.97. The lowest BCUT2D eigenvalue weighted by atomic mass is 9.85. The van der Waals surface area contributed by atoms with Crippen molar-refractivity contribution in [2.45, 2.75) is 56.7 Å². The van der Waals surface area contributed by atoms with Crippen LogP contribution in [-0.2, 0) is 4.74 Å². The molecule has 1 spiro atoms. The first-order chi connectivity index (χ1) is 9.22. The fraction of sp³-hybridized carbons (Fsp3) is 1.00. The van der Waals surface area contributed by atoms with Crippen molar-refractivity contribution in [3.8, 4) is 0 Å². The molecule has 0 radical (unpaired) electrons. The van der Waals surface area contributed by atoms with Gasteiger partial charge in [-0.3, -0.25) is 4.90 Å². The van der Waals surface area contributed by atoms with E-state index in [0.29, 0.717) is 5.92 Å². The van der Waals surface area contributed by atoms with Crippen LogP contribution in [0, 0.1) is 5.92 Å². The molecule has 4 atom stereocenters. The van der Waals surface area contributed by atoms with Crippen molar-refractivity contribution < 1.29 is 4.74 Å². The van der Waals surface area contributed by atoms with Gasteiger partial charge in [0.1, 0.15) is 0 Å². The van der Waals surface area contributed by atoms with Crippen molar-refractivity contribution >= 4 is 11.8 Å². The van der Waals surface area contributed by atoms with Crippen LogP contribution < -0.4 is 5.73 Å². The molecular formula is C15H28N2OS. The number of likely N-dealkylation sites (tertiary alicyclic amines) is 1. The number of hydrogen-bond donors (Lipinski definition) is 1. The van der Waals surface area contributed by atoms with Gasteiger partial charge in [-0.15, -0.1) is 0 Å². The van der Waals surface area contributed by atoms with Gasteiger partial charge < -0.3 is 10.5 Å². The van der Waals surface area contributed by atoms with Gasteiger partial charge in [-0.05, 0) is 57.2 Å². The Hall–Kier alpha value is 0.230. The van der Waals surface area contributed by atoms with Crippen LogP contribution in [0.15, 0.2) is 0 Å². The fourth-order valence-corrected chi connectivity index (χ4v) is 5.44. The Morgan fingerprint density at radius 1 is 1.37 bits per heavy atom. The Morgan fingerprint density at radius 3 is 3.00 bits per heavy atom. The molecule has 3 heterocycles. The minimum absolute atomic E-state index is 0.211. The molecule has 0 saturated carbocycles. The summed E-state index contributed by atoms with van der Waals surface area (Å²) in [7, 11) is 0. The van der Waals surface area contributed by atoms with Gasteiger partial charge >= 0.3 is 0 Å². The fourth-order valence-electron chi connectivity index (χ4n) is 4.06. The second kappa shape index (κ2) is 5.92. The summed E-state index contributed by atoms with van der Waals surface area (Å²) in [5.74, 6) is 3.22. The van der Waals surface area contributed by atoms with Crippen molar-refractivity contribution in [3.63, 3.8) is 0 Å². The predicted molar refractivity (Wildman–Crippen MR) is 81.6 cm³/mol. The quantitative estimate of drug-likeness (QED) is 0.843. The van der Waals surface area contributed by atoms with Crippen LogP contribution in [0.3, 0.4) is 0 Å². The number of rotatable bonds is 2. The van der Waals surface area contributed by atoms with Crippen molar-refractivity contribution in [2.75, 3.05) is 31.2 Å². The van der Waals surface area contributed by atoms with Crippen molar-refractivity contribution in [1.82, 2.24) is 4.90 Å². The summed E-state index contributed by atoms with van der Waals surface area (Å²) < 4.78 is 6.16. The summed E-state index contributed by atoms with van der Waals surface area (Å²) in [6.45, 7) is 5.43. The molecule has 110 valence electrons. The summed E-state index contributed by atoms with van der Waals surface area (Å²) in [6.07, 6.45) is 6.37. The number of nitrogens with two attached hydrogens (primary N) is 1. The van der Waals surface area contributed by atoms with E-state index in [0.717, 1.165) is 25.2 Å². The lowest BCUT2D eigenvalue weighted by molar-refractivity contribution is -0.100. The smallest absolute Gasteiger partial charge is 0.0795 e. The molecule has 3 saturated heterocycles. The van der Waals surface area contributed by atoms with Gasteiger partial charge in [0.2, 0.25) is 0 Å². The van der Waals surface area contributed by atoms with Crippen LogP contribution in [0.1, 0.15) is 39.0 Å². The molecule has 0 aromatic rings. The Morgan fingerprint density at radius 2 is 2.26 bits per heavy atom. The number of nitrogens with zero attached hydrogens (tertiary/aromatic N) is 1. The van der Waals surface area contributed by atoms with E-state index in [-0.39, 0.29) is 5.60 Å². The Bertz CT molecular complexity index is 307. The Kier molecular flexibility index (Phi) is 4.42. The van der Waals surface area contributed by atoms with Gasteiger partial charge in [-0.1, -0.05) is 0 Å². The molecule has 19 heavy (non-hydrogen) atoms. The highest BCUT2D eigenvalue weighted by molar-refractivity contribution is 7.99. The standard InChI is InChI=1S/C15H28N2OS/c1-12-2-3-13(9-16)10-17(12)14-4-6-18-15(8-14)5-7-19-11-15/h12-14H,2-11,16H2,1H3. The molecule has 3 aliphatic heterocycles. The molecule has 3 rings (SSSR count). The molecule has 3 fully saturated rings. The summed E-state index contributed by atoms with van der Waals surface area (Å²) in [5.41, 5.74) is 6.11. The summed E-state index contributed by atoms with van der Waals surface area (Å²) >= 11 is 2.07. The maximum absolute atomic E-state index is 6.16. The second-order valence-electron chi connectivity index (χ2n) is 6.71. The first kappa shape index (κ1) is 14.2. The van der Waals surface area contributed by atoms with Gasteiger partial charge in [-0.25, -0.2) is 0 Å². The van der Waals surface area contributed by atoms with E-state index >= 15 is 0 Å². The second-order valence-corrected chi connectivity index (χ2v) is 7.81. The highest BCUT2D eigenvalue weighted by Gasteiger charge is 2.43. The molecule has 4 unspecified atom stereocenters. The number of hydrogen-bond acceptors (Lipinski definition) is 4. The predicted octanol–water partition coefficient (Wildman–Crippen LogP) is 2.10. The Balaban J connectivity index is 1.66. The van der Waals surface area contributed by atoms with E-state index in [1.807, 2.05) is 0 Å². The van der Waals surface area contributed by atoms with Gasteiger partial charge in [0.05, 0.1) is 5.60 Å². The summed E-state index contributed by atoms with van der Waals surface area (Å²) in [6, 6.07) is 1.47. The average molecular weight is 284 g/mol. The lowest BCUT2D eigenvalue weighted by Crippen LogP contribution is -2.54. The lowest BCUT2D eigenvalue weighted by Gasteiger charge is -2.48. The van der Waals surface area contributed by atoms with Crippen LogP contribution in [-0.4, -0.2) is 53.8 Å². The maximum Gasteiger partial charge on any atom is 0.0795 e. The highest BCUT2D eigenvalue weighted by Crippen LogP contribution is 2.40. The van der Waals surface area contributed by atoms with Crippen LogP contribution in [0.25, 0.3) is 0 Å². The molecule has 3 nitrogen and oxygen atoms in total. The number of thioether (sulfide) groups is 1. The van der Waals surface area contributed by atoms with E-state index < -0.39 is 0 Å². The molecule has 2 N–H and O–H groups in total. The molecule has 0 aromatic heterocycles. The zero-order chi connectivity index (χ0) is 13.3. The van der Waals surface area contributed by atoms with Gasteiger partial charge in [0.15, 0.2) is 0 Å². The molecule has 3 aliphatic rings. The molecule has 4 heteroatoms. The number of ether oxygens (including phenoxy) is 1. The topological polar surface area (TPSA) is 38.5 Å². The first-order valence-electron chi connectivity index (χ1n) is 7.90. The van der Waals surface area contributed by atoms with Crippen LogP contribution in [0.4, 0.5) is 0 Å². The SMILES string of the molecule is CC1CCC(CN)CN1C1CCOC2(CCSC2)C1. The van der Waals surface area contributed by atoms with Gasteiger partial charge in [0, 0.05) is 31.0 Å². The highest BCUT2D eigenvalue weighted by atomic mass is 32.2. The van der Waals surface area contributed by atoms with E-state index in [1.165, 1.54) is 50.2 Å². The monoisotopic (exact) mass is 284 g/mol. The minimum atomic E-state index is 0.211. The van der Waals surface area contributed by atoms with Gasteiger partial charge in [-0.2, -0.15) is 11.8 Å². The Labute approximate surface area is 121 Å².